The molecule has 5 atom stereocenters. The van der Waals surface area contributed by atoms with Gasteiger partial charge in [0, 0.05) is 0 Å². The maximum Gasteiger partial charge on any atom is 0.0828 e. The molecule has 2 unspecified atom stereocenters. The molecule has 1 aliphatic heterocycles. The minimum absolute atomic E-state index is 0.129. The second-order valence-electron chi connectivity index (χ2n) is 3.51. The Morgan fingerprint density at radius 1 is 1.18 bits per heavy atom. The number of hydrogen-bond acceptors (Lipinski definition) is 2. The van der Waals surface area contributed by atoms with Gasteiger partial charge in [-0.15, -0.1) is 0 Å². The summed E-state index contributed by atoms with van der Waals surface area (Å²) in [5, 5.41) is 9.55. The molecule has 0 aromatic rings. The molecule has 1 saturated heterocycles. The SMILES string of the molecule is [CH][C@@H]1OC(C)[C@H](O)[C@H](C)C1C. The zero-order valence-electron chi connectivity index (χ0n) is 7.32. The minimum Gasteiger partial charge on any atom is -0.390 e. The number of ether oxygens (including phenoxy) is 1. The lowest BCUT2D eigenvalue weighted by molar-refractivity contribution is -0.145. The van der Waals surface area contributed by atoms with Crippen molar-refractivity contribution in [1.82, 2.24) is 0 Å². The average Bonchev–Trinajstić information content (AvgIpc) is 1.97. The topological polar surface area (TPSA) is 29.5 Å². The van der Waals surface area contributed by atoms with E-state index in [1.807, 2.05) is 20.8 Å². The number of aliphatic hydroxyl groups excluding tert-OH is 1. The normalized spacial score (nSPS) is 52.6. The maximum atomic E-state index is 9.55. The van der Waals surface area contributed by atoms with Gasteiger partial charge in [0.25, 0.3) is 0 Å². The first kappa shape index (κ1) is 9.01. The van der Waals surface area contributed by atoms with E-state index < -0.39 is 0 Å². The minimum atomic E-state index is -0.371. The fourth-order valence-corrected chi connectivity index (χ4v) is 1.49. The van der Waals surface area contributed by atoms with Gasteiger partial charge in [-0.05, 0) is 25.7 Å². The van der Waals surface area contributed by atoms with Crippen LogP contribution in [-0.4, -0.2) is 23.4 Å². The van der Waals surface area contributed by atoms with Crippen molar-refractivity contribution in [1.29, 1.82) is 0 Å². The third-order valence-electron chi connectivity index (χ3n) is 2.74. The molecule has 1 rings (SSSR count). The summed E-state index contributed by atoms with van der Waals surface area (Å²) in [4.78, 5) is 0. The molecule has 0 bridgehead atoms. The van der Waals surface area contributed by atoms with Crippen LogP contribution >= 0.6 is 0 Å². The molecule has 1 aliphatic rings. The van der Waals surface area contributed by atoms with Crippen LogP contribution in [0.4, 0.5) is 0 Å². The predicted octanol–water partition coefficient (Wildman–Crippen LogP) is 1.12. The Kier molecular flexibility index (Phi) is 2.55. The molecule has 1 fully saturated rings. The molecule has 0 aromatic heterocycles. The first-order valence-electron chi connectivity index (χ1n) is 4.13. The van der Waals surface area contributed by atoms with Crippen LogP contribution < -0.4 is 0 Å². The van der Waals surface area contributed by atoms with Crippen LogP contribution in [0.15, 0.2) is 0 Å². The summed E-state index contributed by atoms with van der Waals surface area (Å²) < 4.78 is 5.31. The summed E-state index contributed by atoms with van der Waals surface area (Å²) in [5.74, 6) is 0.468. The highest BCUT2D eigenvalue weighted by atomic mass is 16.5. The molecule has 2 heteroatoms. The Balaban J connectivity index is 2.63. The molecule has 0 amide bonds. The Morgan fingerprint density at radius 2 is 1.73 bits per heavy atom. The standard InChI is InChI=1S/C9H16O2/c1-5-6(2)9(10)8(4)11-7(5)3/h3,5-10H,1-2,4H3/t5?,6-,7+,8?,9-/m1/s1. The van der Waals surface area contributed by atoms with E-state index in [2.05, 4.69) is 0 Å². The highest BCUT2D eigenvalue weighted by molar-refractivity contribution is 4.86. The van der Waals surface area contributed by atoms with Crippen LogP contribution in [-0.2, 0) is 4.74 Å². The monoisotopic (exact) mass is 156 g/mol. The second-order valence-corrected chi connectivity index (χ2v) is 3.51. The second kappa shape index (κ2) is 3.11. The Bertz CT molecular complexity index is 122. The molecule has 64 valence electrons. The van der Waals surface area contributed by atoms with E-state index in [1.165, 1.54) is 0 Å². The van der Waals surface area contributed by atoms with Crippen molar-refractivity contribution in [3.63, 3.8) is 0 Å². The maximum absolute atomic E-state index is 9.55. The fourth-order valence-electron chi connectivity index (χ4n) is 1.49. The van der Waals surface area contributed by atoms with E-state index >= 15 is 0 Å². The average molecular weight is 156 g/mol. The molecule has 0 aromatic carbocycles. The molecule has 11 heavy (non-hydrogen) atoms. The quantitative estimate of drug-likeness (QED) is 0.569. The number of hydrogen-bond donors (Lipinski definition) is 1. The Labute approximate surface area is 68.6 Å². The van der Waals surface area contributed by atoms with E-state index in [4.69, 9.17) is 11.7 Å². The Hall–Kier alpha value is -0.0800. The van der Waals surface area contributed by atoms with E-state index in [0.717, 1.165) is 0 Å². The summed E-state index contributed by atoms with van der Waals surface area (Å²) in [7, 11) is 0. The Morgan fingerprint density at radius 3 is 2.27 bits per heavy atom. The first-order chi connectivity index (χ1) is 5.04. The van der Waals surface area contributed by atoms with Crippen LogP contribution in [0.25, 0.3) is 0 Å². The van der Waals surface area contributed by atoms with Crippen molar-refractivity contribution in [2.45, 2.75) is 39.1 Å². The molecule has 0 spiro atoms. The molecule has 2 radical (unpaired) electrons. The smallest absolute Gasteiger partial charge is 0.0828 e. The lowest BCUT2D eigenvalue weighted by Crippen LogP contribution is -2.46. The van der Waals surface area contributed by atoms with Gasteiger partial charge in [0.05, 0.1) is 18.3 Å². The van der Waals surface area contributed by atoms with Crippen LogP contribution in [0, 0.1) is 18.8 Å². The third-order valence-corrected chi connectivity index (χ3v) is 2.74. The van der Waals surface area contributed by atoms with Gasteiger partial charge in [-0.2, -0.15) is 0 Å². The molecule has 1 heterocycles. The van der Waals surface area contributed by atoms with E-state index in [1.54, 1.807) is 0 Å². The van der Waals surface area contributed by atoms with Crippen molar-refractivity contribution < 1.29 is 9.84 Å². The lowest BCUT2D eigenvalue weighted by atomic mass is 9.82. The van der Waals surface area contributed by atoms with Crippen LogP contribution in [0.2, 0.25) is 0 Å². The predicted molar refractivity (Wildman–Crippen MR) is 43.0 cm³/mol. The van der Waals surface area contributed by atoms with E-state index in [0.29, 0.717) is 0 Å². The molecule has 0 aliphatic carbocycles. The van der Waals surface area contributed by atoms with Crippen LogP contribution in [0.1, 0.15) is 20.8 Å². The van der Waals surface area contributed by atoms with Crippen LogP contribution in [0.3, 0.4) is 0 Å². The third kappa shape index (κ3) is 1.57. The largest absolute Gasteiger partial charge is 0.390 e. The van der Waals surface area contributed by atoms with Crippen molar-refractivity contribution in [3.8, 4) is 0 Å². The van der Waals surface area contributed by atoms with Crippen molar-refractivity contribution in [3.05, 3.63) is 6.92 Å². The number of rotatable bonds is 0. The highest BCUT2D eigenvalue weighted by Gasteiger charge is 2.35. The molecular weight excluding hydrogens is 140 g/mol. The highest BCUT2D eigenvalue weighted by Crippen LogP contribution is 2.29. The molecule has 0 saturated carbocycles. The van der Waals surface area contributed by atoms with Crippen molar-refractivity contribution in [2.24, 2.45) is 11.8 Å². The van der Waals surface area contributed by atoms with Gasteiger partial charge in [0.15, 0.2) is 0 Å². The van der Waals surface area contributed by atoms with E-state index in [-0.39, 0.29) is 30.1 Å². The van der Waals surface area contributed by atoms with Crippen LogP contribution in [0.5, 0.6) is 0 Å². The zero-order chi connectivity index (χ0) is 8.59. The first-order valence-corrected chi connectivity index (χ1v) is 4.13. The summed E-state index contributed by atoms with van der Waals surface area (Å²) >= 11 is 0. The van der Waals surface area contributed by atoms with E-state index in [9.17, 15) is 5.11 Å². The zero-order valence-corrected chi connectivity index (χ0v) is 7.32. The number of aliphatic hydroxyl groups is 1. The van der Waals surface area contributed by atoms with Gasteiger partial charge in [-0.3, -0.25) is 0 Å². The fraction of sp³-hybridized carbons (Fsp3) is 0.889. The van der Waals surface area contributed by atoms with Crippen molar-refractivity contribution >= 4 is 0 Å². The molecule has 2 nitrogen and oxygen atoms in total. The van der Waals surface area contributed by atoms with Crippen molar-refractivity contribution in [2.75, 3.05) is 0 Å². The molecule has 1 N–H and O–H groups in total. The van der Waals surface area contributed by atoms with Gasteiger partial charge in [-0.25, -0.2) is 0 Å². The van der Waals surface area contributed by atoms with Gasteiger partial charge < -0.3 is 9.84 Å². The summed E-state index contributed by atoms with van der Waals surface area (Å²) in [5.41, 5.74) is 0. The molecular formula is C9H16O2. The summed E-state index contributed by atoms with van der Waals surface area (Å²) in [6.45, 7) is 11.6. The summed E-state index contributed by atoms with van der Waals surface area (Å²) in [6, 6.07) is 0. The van der Waals surface area contributed by atoms with Gasteiger partial charge in [0.2, 0.25) is 0 Å². The summed E-state index contributed by atoms with van der Waals surface area (Å²) in [6.07, 6.45) is -0.718. The van der Waals surface area contributed by atoms with Gasteiger partial charge in [0.1, 0.15) is 0 Å². The van der Waals surface area contributed by atoms with Gasteiger partial charge in [-0.1, -0.05) is 13.8 Å². The van der Waals surface area contributed by atoms with Gasteiger partial charge >= 0.3 is 0 Å². The lowest BCUT2D eigenvalue weighted by Gasteiger charge is -2.39.